The maximum atomic E-state index is 4.56. The first-order valence-corrected chi connectivity index (χ1v) is 8.56. The number of nitrogens with zero attached hydrogens (tertiary/aromatic N) is 5. The molecule has 5 heteroatoms. The largest absolute Gasteiger partial charge is 0.331 e. The molecule has 5 nitrogen and oxygen atoms in total. The second-order valence-corrected chi connectivity index (χ2v) is 6.77. The predicted octanol–water partition coefficient (Wildman–Crippen LogP) is 2.55. The molecule has 0 saturated carbocycles. The highest BCUT2D eigenvalue weighted by Crippen LogP contribution is 2.32. The Bertz CT molecular complexity index is 627. The minimum Gasteiger partial charge on any atom is -0.331 e. The van der Waals surface area contributed by atoms with E-state index in [4.69, 9.17) is 0 Å². The summed E-state index contributed by atoms with van der Waals surface area (Å²) in [5, 5.41) is 0. The van der Waals surface area contributed by atoms with E-state index < -0.39 is 0 Å². The lowest BCUT2D eigenvalue weighted by Gasteiger charge is -2.44. The van der Waals surface area contributed by atoms with Gasteiger partial charge in [0.2, 0.25) is 0 Å². The van der Waals surface area contributed by atoms with Crippen LogP contribution in [-0.4, -0.2) is 43.1 Å². The van der Waals surface area contributed by atoms with Gasteiger partial charge in [0.1, 0.15) is 0 Å². The standard InChI is InChI=1S/C17H25N5/c1-20-11-7-18-16(20)17-19-8-12-22(17)13-14-5-4-10-21-9-3-2-6-15(14)21/h7-8,11-12,14-15H,2-6,9-10,13H2,1H3/t14-,15+/m0/s1. The highest BCUT2D eigenvalue weighted by molar-refractivity contribution is 5.44. The molecular formula is C17H25N5. The van der Waals surface area contributed by atoms with Gasteiger partial charge in [-0.2, -0.15) is 0 Å². The second-order valence-electron chi connectivity index (χ2n) is 6.77. The van der Waals surface area contributed by atoms with Gasteiger partial charge < -0.3 is 14.0 Å². The van der Waals surface area contributed by atoms with Crippen LogP contribution in [0.15, 0.2) is 24.8 Å². The Balaban J connectivity index is 1.56. The summed E-state index contributed by atoms with van der Waals surface area (Å²) in [5.74, 6) is 2.71. The van der Waals surface area contributed by atoms with Gasteiger partial charge >= 0.3 is 0 Å². The first-order chi connectivity index (χ1) is 10.8. The number of hydrogen-bond acceptors (Lipinski definition) is 3. The van der Waals surface area contributed by atoms with E-state index in [1.54, 1.807) is 0 Å². The zero-order valence-electron chi connectivity index (χ0n) is 13.4. The predicted molar refractivity (Wildman–Crippen MR) is 86.4 cm³/mol. The summed E-state index contributed by atoms with van der Waals surface area (Å²) in [5.41, 5.74) is 0. The summed E-state index contributed by atoms with van der Waals surface area (Å²) in [4.78, 5) is 11.7. The lowest BCUT2D eigenvalue weighted by molar-refractivity contribution is 0.0521. The summed E-state index contributed by atoms with van der Waals surface area (Å²) >= 11 is 0. The van der Waals surface area contributed by atoms with E-state index >= 15 is 0 Å². The summed E-state index contributed by atoms with van der Waals surface area (Å²) in [6.45, 7) is 3.68. The van der Waals surface area contributed by atoms with Gasteiger partial charge in [0, 0.05) is 44.4 Å². The first-order valence-electron chi connectivity index (χ1n) is 8.56. The number of hydrogen-bond donors (Lipinski definition) is 0. The molecule has 2 aromatic heterocycles. The molecule has 2 fully saturated rings. The Kier molecular flexibility index (Phi) is 3.74. The zero-order chi connectivity index (χ0) is 14.9. The number of aryl methyl sites for hydroxylation is 1. The lowest BCUT2D eigenvalue weighted by Crippen LogP contribution is -2.49. The van der Waals surface area contributed by atoms with Crippen molar-refractivity contribution >= 4 is 0 Å². The molecule has 2 aliphatic heterocycles. The van der Waals surface area contributed by atoms with E-state index in [2.05, 4.69) is 25.6 Å². The van der Waals surface area contributed by atoms with Crippen molar-refractivity contribution in [3.63, 3.8) is 0 Å². The number of fused-ring (bicyclic) bond motifs is 1. The number of imidazole rings is 2. The maximum Gasteiger partial charge on any atom is 0.176 e. The summed E-state index contributed by atoms with van der Waals surface area (Å²) < 4.78 is 4.36. The zero-order valence-corrected chi connectivity index (χ0v) is 13.4. The van der Waals surface area contributed by atoms with Crippen molar-refractivity contribution in [2.45, 2.75) is 44.7 Å². The Morgan fingerprint density at radius 2 is 1.82 bits per heavy atom. The highest BCUT2D eigenvalue weighted by atomic mass is 15.2. The molecule has 2 aliphatic rings. The van der Waals surface area contributed by atoms with E-state index in [1.807, 2.05) is 30.2 Å². The smallest absolute Gasteiger partial charge is 0.176 e. The fourth-order valence-corrected chi connectivity index (χ4v) is 4.29. The monoisotopic (exact) mass is 299 g/mol. The fourth-order valence-electron chi connectivity index (χ4n) is 4.29. The van der Waals surface area contributed by atoms with Crippen LogP contribution in [0.5, 0.6) is 0 Å². The Labute approximate surface area is 132 Å². The van der Waals surface area contributed by atoms with Crippen LogP contribution < -0.4 is 0 Å². The van der Waals surface area contributed by atoms with E-state index in [1.165, 1.54) is 45.2 Å². The molecule has 0 aromatic carbocycles. The van der Waals surface area contributed by atoms with Crippen LogP contribution in [0.25, 0.3) is 11.6 Å². The van der Waals surface area contributed by atoms with E-state index in [-0.39, 0.29) is 0 Å². The Morgan fingerprint density at radius 1 is 1.00 bits per heavy atom. The van der Waals surface area contributed by atoms with Crippen molar-refractivity contribution in [2.75, 3.05) is 13.1 Å². The molecule has 0 radical (unpaired) electrons. The number of aromatic nitrogens is 4. The summed E-state index contributed by atoms with van der Waals surface area (Å²) in [6, 6.07) is 0.777. The van der Waals surface area contributed by atoms with Crippen LogP contribution in [0.4, 0.5) is 0 Å². The molecule has 4 rings (SSSR count). The van der Waals surface area contributed by atoms with Crippen LogP contribution in [0, 0.1) is 5.92 Å². The van der Waals surface area contributed by atoms with Gasteiger partial charge in [-0.05, 0) is 44.7 Å². The molecule has 0 amide bonds. The Morgan fingerprint density at radius 3 is 2.68 bits per heavy atom. The first kappa shape index (κ1) is 14.0. The topological polar surface area (TPSA) is 38.9 Å². The maximum absolute atomic E-state index is 4.56. The van der Waals surface area contributed by atoms with Crippen LogP contribution in [-0.2, 0) is 13.6 Å². The van der Waals surface area contributed by atoms with Crippen molar-refractivity contribution in [3.05, 3.63) is 24.8 Å². The van der Waals surface area contributed by atoms with Crippen LogP contribution in [0.3, 0.4) is 0 Å². The van der Waals surface area contributed by atoms with Crippen LogP contribution in [0.2, 0.25) is 0 Å². The highest BCUT2D eigenvalue weighted by Gasteiger charge is 2.33. The normalized spacial score (nSPS) is 26.0. The van der Waals surface area contributed by atoms with Gasteiger partial charge in [0.25, 0.3) is 0 Å². The SMILES string of the molecule is Cn1ccnc1-c1nccn1C[C@@H]1CCCN2CCCC[C@H]12. The van der Waals surface area contributed by atoms with Crippen LogP contribution >= 0.6 is 0 Å². The average Bonchev–Trinajstić information content (AvgIpc) is 3.16. The van der Waals surface area contributed by atoms with Crippen molar-refractivity contribution in [2.24, 2.45) is 13.0 Å². The molecule has 2 aromatic rings. The third-order valence-electron chi connectivity index (χ3n) is 5.40. The molecule has 4 heterocycles. The van der Waals surface area contributed by atoms with Crippen molar-refractivity contribution in [1.29, 1.82) is 0 Å². The quantitative estimate of drug-likeness (QED) is 0.874. The Hall–Kier alpha value is -1.62. The molecule has 0 aliphatic carbocycles. The molecule has 0 unspecified atom stereocenters. The lowest BCUT2D eigenvalue weighted by atomic mass is 9.83. The fraction of sp³-hybridized carbons (Fsp3) is 0.647. The molecule has 0 N–H and O–H groups in total. The van der Waals surface area contributed by atoms with E-state index in [0.717, 1.165) is 30.2 Å². The average molecular weight is 299 g/mol. The van der Waals surface area contributed by atoms with Gasteiger partial charge in [-0.3, -0.25) is 0 Å². The molecule has 118 valence electrons. The van der Waals surface area contributed by atoms with Gasteiger partial charge in [-0.1, -0.05) is 6.42 Å². The van der Waals surface area contributed by atoms with Gasteiger partial charge in [0.05, 0.1) is 0 Å². The van der Waals surface area contributed by atoms with Gasteiger partial charge in [0.15, 0.2) is 11.6 Å². The second kappa shape index (κ2) is 5.88. The minimum atomic E-state index is 0.752. The molecular weight excluding hydrogens is 274 g/mol. The van der Waals surface area contributed by atoms with E-state index in [9.17, 15) is 0 Å². The molecule has 2 saturated heterocycles. The van der Waals surface area contributed by atoms with Crippen molar-refractivity contribution in [3.8, 4) is 11.6 Å². The van der Waals surface area contributed by atoms with Crippen LogP contribution in [0.1, 0.15) is 32.1 Å². The van der Waals surface area contributed by atoms with Gasteiger partial charge in [-0.25, -0.2) is 9.97 Å². The van der Waals surface area contributed by atoms with E-state index in [0.29, 0.717) is 0 Å². The molecule has 0 spiro atoms. The molecule has 22 heavy (non-hydrogen) atoms. The third kappa shape index (κ3) is 2.47. The number of piperidine rings is 2. The van der Waals surface area contributed by atoms with Crippen molar-refractivity contribution in [1.82, 2.24) is 24.0 Å². The summed E-state index contributed by atoms with van der Waals surface area (Å²) in [6.07, 6.45) is 14.7. The third-order valence-corrected chi connectivity index (χ3v) is 5.40. The van der Waals surface area contributed by atoms with Crippen molar-refractivity contribution < 1.29 is 0 Å². The summed E-state index contributed by atoms with van der Waals surface area (Å²) in [7, 11) is 2.03. The minimum absolute atomic E-state index is 0.752. The number of rotatable bonds is 3. The van der Waals surface area contributed by atoms with Gasteiger partial charge in [-0.15, -0.1) is 0 Å². The molecule has 0 bridgehead atoms. The molecule has 2 atom stereocenters.